The lowest BCUT2D eigenvalue weighted by atomic mass is 10.1. The molecule has 0 saturated heterocycles. The highest BCUT2D eigenvalue weighted by Gasteiger charge is 2.31. The SMILES string of the molecule is CC(O)C(NC(=O)C(CC(=O)O)NC(=O)C(N)CCC(=O)O)C(=O)O. The van der Waals surface area contributed by atoms with Gasteiger partial charge in [0, 0.05) is 6.42 Å². The number of rotatable bonds is 11. The fraction of sp³-hybridized carbons (Fsp3) is 0.615. The average molecular weight is 363 g/mol. The van der Waals surface area contributed by atoms with Gasteiger partial charge in [0.1, 0.15) is 6.04 Å². The Bertz CT molecular complexity index is 535. The van der Waals surface area contributed by atoms with E-state index in [1.54, 1.807) is 0 Å². The largest absolute Gasteiger partial charge is 0.481 e. The number of nitrogens with two attached hydrogens (primary N) is 1. The lowest BCUT2D eigenvalue weighted by molar-refractivity contribution is -0.145. The first-order valence-corrected chi connectivity index (χ1v) is 7.16. The molecule has 0 saturated carbocycles. The molecule has 25 heavy (non-hydrogen) atoms. The molecule has 0 aromatic rings. The van der Waals surface area contributed by atoms with Gasteiger partial charge >= 0.3 is 17.9 Å². The van der Waals surface area contributed by atoms with E-state index in [1.165, 1.54) is 0 Å². The molecule has 0 heterocycles. The minimum atomic E-state index is -1.71. The molecule has 0 aliphatic heterocycles. The Morgan fingerprint density at radius 2 is 1.52 bits per heavy atom. The number of nitrogens with one attached hydrogen (secondary N) is 2. The molecule has 0 aromatic carbocycles. The van der Waals surface area contributed by atoms with Crippen LogP contribution in [0.1, 0.15) is 26.2 Å². The van der Waals surface area contributed by atoms with Crippen molar-refractivity contribution in [1.82, 2.24) is 10.6 Å². The molecule has 0 aliphatic carbocycles. The number of hydrogen-bond acceptors (Lipinski definition) is 7. The first kappa shape index (κ1) is 22.3. The first-order valence-electron chi connectivity index (χ1n) is 7.16. The highest BCUT2D eigenvalue weighted by atomic mass is 16.4. The third kappa shape index (κ3) is 8.62. The van der Waals surface area contributed by atoms with Crippen molar-refractivity contribution in [3.63, 3.8) is 0 Å². The minimum absolute atomic E-state index is 0.242. The molecule has 0 aromatic heterocycles. The van der Waals surface area contributed by atoms with E-state index in [2.05, 4.69) is 0 Å². The van der Waals surface area contributed by atoms with E-state index in [1.807, 2.05) is 10.6 Å². The van der Waals surface area contributed by atoms with Crippen molar-refractivity contribution in [2.75, 3.05) is 0 Å². The summed E-state index contributed by atoms with van der Waals surface area (Å²) in [6.07, 6.45) is -2.99. The number of aliphatic carboxylic acids is 3. The monoisotopic (exact) mass is 363 g/mol. The van der Waals surface area contributed by atoms with Crippen molar-refractivity contribution in [1.29, 1.82) is 0 Å². The lowest BCUT2D eigenvalue weighted by Gasteiger charge is -2.22. The van der Waals surface area contributed by atoms with E-state index in [-0.39, 0.29) is 6.42 Å². The number of carboxylic acids is 3. The lowest BCUT2D eigenvalue weighted by Crippen LogP contribution is -2.57. The first-order chi connectivity index (χ1) is 11.5. The van der Waals surface area contributed by atoms with Crippen molar-refractivity contribution >= 4 is 29.7 Å². The van der Waals surface area contributed by atoms with Gasteiger partial charge < -0.3 is 36.8 Å². The molecular weight excluding hydrogens is 342 g/mol. The smallest absolute Gasteiger partial charge is 0.328 e. The van der Waals surface area contributed by atoms with E-state index < -0.39 is 66.8 Å². The highest BCUT2D eigenvalue weighted by Crippen LogP contribution is 2.01. The number of aliphatic hydroxyl groups is 1. The van der Waals surface area contributed by atoms with E-state index >= 15 is 0 Å². The molecular formula is C13H21N3O9. The Labute approximate surface area is 142 Å². The van der Waals surface area contributed by atoms with Crippen LogP contribution >= 0.6 is 0 Å². The number of aliphatic hydroxyl groups excluding tert-OH is 1. The molecule has 0 fully saturated rings. The Morgan fingerprint density at radius 3 is 1.92 bits per heavy atom. The summed E-state index contributed by atoms with van der Waals surface area (Å²) in [5.41, 5.74) is 5.45. The van der Waals surface area contributed by atoms with Crippen LogP contribution in [0.3, 0.4) is 0 Å². The van der Waals surface area contributed by atoms with Crippen LogP contribution in [-0.2, 0) is 24.0 Å². The fourth-order valence-corrected chi connectivity index (χ4v) is 1.72. The topological polar surface area (TPSA) is 216 Å². The summed E-state index contributed by atoms with van der Waals surface area (Å²) in [7, 11) is 0. The standard InChI is InChI=1S/C13H21N3O9/c1-5(17)10(13(24)25)16-12(23)7(4-9(20)21)15-11(22)6(14)2-3-8(18)19/h5-7,10,17H,2-4,14H2,1H3,(H,15,22)(H,16,23)(H,18,19)(H,20,21)(H,24,25). The Hall–Kier alpha value is -2.73. The van der Waals surface area contributed by atoms with Gasteiger partial charge in [-0.2, -0.15) is 0 Å². The molecule has 0 radical (unpaired) electrons. The third-order valence-electron chi connectivity index (χ3n) is 3.06. The van der Waals surface area contributed by atoms with Gasteiger partial charge in [-0.05, 0) is 13.3 Å². The van der Waals surface area contributed by atoms with Gasteiger partial charge in [0.05, 0.1) is 18.6 Å². The fourth-order valence-electron chi connectivity index (χ4n) is 1.72. The predicted molar refractivity (Wildman–Crippen MR) is 80.3 cm³/mol. The summed E-state index contributed by atoms with van der Waals surface area (Å²) in [6.45, 7) is 1.10. The quantitative estimate of drug-likeness (QED) is 0.198. The second-order valence-electron chi connectivity index (χ2n) is 5.26. The number of carbonyl (C=O) groups excluding carboxylic acids is 2. The van der Waals surface area contributed by atoms with Crippen LogP contribution in [0, 0.1) is 0 Å². The maximum Gasteiger partial charge on any atom is 0.328 e. The number of carbonyl (C=O) groups is 5. The summed E-state index contributed by atoms with van der Waals surface area (Å²) < 4.78 is 0. The van der Waals surface area contributed by atoms with Gasteiger partial charge in [0.2, 0.25) is 11.8 Å². The maximum atomic E-state index is 12.0. The molecule has 142 valence electrons. The van der Waals surface area contributed by atoms with E-state index in [4.69, 9.17) is 21.1 Å². The molecule has 8 N–H and O–H groups in total. The highest BCUT2D eigenvalue weighted by molar-refractivity contribution is 5.94. The zero-order valence-corrected chi connectivity index (χ0v) is 13.3. The average Bonchev–Trinajstić information content (AvgIpc) is 2.47. The number of hydrogen-bond donors (Lipinski definition) is 7. The van der Waals surface area contributed by atoms with Crippen LogP contribution in [-0.4, -0.2) is 74.4 Å². The maximum absolute atomic E-state index is 12.0. The molecule has 0 rings (SSSR count). The molecule has 2 amide bonds. The van der Waals surface area contributed by atoms with Crippen LogP contribution in [0.5, 0.6) is 0 Å². The van der Waals surface area contributed by atoms with E-state index in [0.29, 0.717) is 0 Å². The van der Waals surface area contributed by atoms with Crippen molar-refractivity contribution in [3.8, 4) is 0 Å². The normalized spacial score (nSPS) is 15.3. The van der Waals surface area contributed by atoms with E-state index in [0.717, 1.165) is 6.92 Å². The van der Waals surface area contributed by atoms with Gasteiger partial charge in [0.15, 0.2) is 6.04 Å². The van der Waals surface area contributed by atoms with Crippen LogP contribution in [0.4, 0.5) is 0 Å². The minimum Gasteiger partial charge on any atom is -0.481 e. The molecule has 0 spiro atoms. The summed E-state index contributed by atoms with van der Waals surface area (Å²) >= 11 is 0. The molecule has 4 atom stereocenters. The van der Waals surface area contributed by atoms with Crippen molar-refractivity contribution < 1.29 is 44.4 Å². The zero-order valence-electron chi connectivity index (χ0n) is 13.3. The number of carboxylic acid groups (broad SMARTS) is 3. The van der Waals surface area contributed by atoms with Crippen molar-refractivity contribution in [3.05, 3.63) is 0 Å². The zero-order chi connectivity index (χ0) is 19.7. The molecule has 4 unspecified atom stereocenters. The Morgan fingerprint density at radius 1 is 0.960 bits per heavy atom. The van der Waals surface area contributed by atoms with Gasteiger partial charge in [-0.3, -0.25) is 19.2 Å². The van der Waals surface area contributed by atoms with Gasteiger partial charge in [-0.1, -0.05) is 0 Å². The van der Waals surface area contributed by atoms with Crippen LogP contribution < -0.4 is 16.4 Å². The van der Waals surface area contributed by atoms with E-state index in [9.17, 15) is 29.1 Å². The summed E-state index contributed by atoms with van der Waals surface area (Å²) in [4.78, 5) is 56.1. The molecule has 12 heteroatoms. The summed E-state index contributed by atoms with van der Waals surface area (Å²) in [6, 6.07) is -4.66. The van der Waals surface area contributed by atoms with Crippen LogP contribution in [0.2, 0.25) is 0 Å². The Kier molecular flexibility index (Phi) is 9.09. The second kappa shape index (κ2) is 10.2. The summed E-state index contributed by atoms with van der Waals surface area (Å²) in [5.74, 6) is -6.31. The van der Waals surface area contributed by atoms with Crippen LogP contribution in [0.25, 0.3) is 0 Å². The molecule has 12 nitrogen and oxygen atoms in total. The van der Waals surface area contributed by atoms with Crippen molar-refractivity contribution in [2.45, 2.75) is 50.4 Å². The van der Waals surface area contributed by atoms with Crippen LogP contribution in [0.15, 0.2) is 0 Å². The second-order valence-corrected chi connectivity index (χ2v) is 5.26. The number of amides is 2. The molecule has 0 aliphatic rings. The molecule has 0 bridgehead atoms. The Balaban J connectivity index is 5.01. The third-order valence-corrected chi connectivity index (χ3v) is 3.06. The van der Waals surface area contributed by atoms with Gasteiger partial charge in [0.25, 0.3) is 0 Å². The van der Waals surface area contributed by atoms with Crippen molar-refractivity contribution in [2.24, 2.45) is 5.73 Å². The predicted octanol–water partition coefficient (Wildman–Crippen LogP) is -2.91. The van der Waals surface area contributed by atoms with Gasteiger partial charge in [-0.25, -0.2) is 4.79 Å². The summed E-state index contributed by atoms with van der Waals surface area (Å²) in [5, 5.41) is 39.5. The van der Waals surface area contributed by atoms with Gasteiger partial charge in [-0.15, -0.1) is 0 Å².